The largest absolute Gasteiger partial charge is 0.345 e. The summed E-state index contributed by atoms with van der Waals surface area (Å²) in [6.07, 6.45) is 3.58. The summed E-state index contributed by atoms with van der Waals surface area (Å²) in [6.45, 7) is 3.92. The molecule has 4 nitrogen and oxygen atoms in total. The maximum atomic E-state index is 12.9. The third-order valence-corrected chi connectivity index (χ3v) is 5.77. The molecular formula is C19H25ClN2O2. The molecule has 0 spiro atoms. The molecular weight excluding hydrogens is 324 g/mol. The number of carbonyl (C=O) groups excluding carboxylic acids is 2. The number of likely N-dealkylation sites (tertiary alicyclic amines) is 1. The summed E-state index contributed by atoms with van der Waals surface area (Å²) in [5, 5.41) is 0.743. The summed E-state index contributed by atoms with van der Waals surface area (Å²) in [6, 6.07) is 7.79. The van der Waals surface area contributed by atoms with E-state index in [1.165, 1.54) is 0 Å². The van der Waals surface area contributed by atoms with E-state index in [-0.39, 0.29) is 17.2 Å². The first-order valence-electron chi connectivity index (χ1n) is 8.66. The molecule has 0 N–H and O–H groups in total. The van der Waals surface area contributed by atoms with Gasteiger partial charge in [-0.2, -0.15) is 0 Å². The summed E-state index contributed by atoms with van der Waals surface area (Å²) in [7, 11) is 1.89. The summed E-state index contributed by atoms with van der Waals surface area (Å²) >= 11 is 6.26. The highest BCUT2D eigenvalue weighted by atomic mass is 35.5. The van der Waals surface area contributed by atoms with E-state index in [4.69, 9.17) is 11.6 Å². The SMILES string of the molecule is CC(=O)N1CCC(CN(C)C(=O)C2(Cc3ccccc3Cl)CC2)C1. The topological polar surface area (TPSA) is 40.6 Å². The first kappa shape index (κ1) is 17.3. The molecule has 2 fully saturated rings. The Hall–Kier alpha value is -1.55. The Morgan fingerprint density at radius 3 is 2.62 bits per heavy atom. The molecule has 5 heteroatoms. The number of nitrogens with zero attached hydrogens (tertiary/aromatic N) is 2. The quantitative estimate of drug-likeness (QED) is 0.820. The molecule has 1 saturated carbocycles. The van der Waals surface area contributed by atoms with Crippen LogP contribution in [-0.4, -0.2) is 48.3 Å². The highest BCUT2D eigenvalue weighted by molar-refractivity contribution is 6.31. The third-order valence-electron chi connectivity index (χ3n) is 5.40. The van der Waals surface area contributed by atoms with Crippen molar-refractivity contribution in [2.24, 2.45) is 11.3 Å². The number of carbonyl (C=O) groups is 2. The molecule has 0 bridgehead atoms. The number of halogens is 1. The molecule has 130 valence electrons. The minimum Gasteiger partial charge on any atom is -0.345 e. The number of hydrogen-bond donors (Lipinski definition) is 0. The standard InChI is InChI=1S/C19H25ClN2O2/c1-14(23)22-10-7-15(13-22)12-21(2)18(24)19(8-9-19)11-16-5-3-4-6-17(16)20/h3-6,15H,7-13H2,1-2H3. The van der Waals surface area contributed by atoms with Gasteiger partial charge >= 0.3 is 0 Å². The maximum absolute atomic E-state index is 12.9. The molecule has 2 aliphatic rings. The maximum Gasteiger partial charge on any atom is 0.228 e. The zero-order valence-corrected chi connectivity index (χ0v) is 15.2. The van der Waals surface area contributed by atoms with Crippen molar-refractivity contribution in [2.75, 3.05) is 26.7 Å². The van der Waals surface area contributed by atoms with E-state index in [1.54, 1.807) is 6.92 Å². The predicted octanol–water partition coefficient (Wildman–Crippen LogP) is 2.99. The van der Waals surface area contributed by atoms with Gasteiger partial charge in [0.25, 0.3) is 0 Å². The Morgan fingerprint density at radius 2 is 2.04 bits per heavy atom. The Labute approximate surface area is 148 Å². The second-order valence-corrected chi connectivity index (χ2v) is 7.76. The molecule has 1 aliphatic carbocycles. The molecule has 2 amide bonds. The van der Waals surface area contributed by atoms with Gasteiger partial charge in [-0.05, 0) is 43.2 Å². The average molecular weight is 349 g/mol. The Morgan fingerprint density at radius 1 is 1.33 bits per heavy atom. The van der Waals surface area contributed by atoms with E-state index >= 15 is 0 Å². The van der Waals surface area contributed by atoms with Gasteiger partial charge in [-0.15, -0.1) is 0 Å². The highest BCUT2D eigenvalue weighted by Crippen LogP contribution is 2.50. The van der Waals surface area contributed by atoms with Crippen molar-refractivity contribution in [3.63, 3.8) is 0 Å². The van der Waals surface area contributed by atoms with E-state index in [9.17, 15) is 9.59 Å². The zero-order chi connectivity index (χ0) is 17.3. The van der Waals surface area contributed by atoms with Gasteiger partial charge < -0.3 is 9.80 Å². The average Bonchev–Trinajstić information content (AvgIpc) is 3.18. The van der Waals surface area contributed by atoms with E-state index in [0.29, 0.717) is 5.92 Å². The summed E-state index contributed by atoms with van der Waals surface area (Å²) < 4.78 is 0. The van der Waals surface area contributed by atoms with Crippen LogP contribution in [0, 0.1) is 11.3 Å². The normalized spacial score (nSPS) is 21.6. The number of benzene rings is 1. The van der Waals surface area contributed by atoms with Crippen LogP contribution in [0.3, 0.4) is 0 Å². The monoisotopic (exact) mass is 348 g/mol. The predicted molar refractivity (Wildman–Crippen MR) is 94.8 cm³/mol. The van der Waals surface area contributed by atoms with Crippen LogP contribution < -0.4 is 0 Å². The molecule has 1 saturated heterocycles. The van der Waals surface area contributed by atoms with E-state index in [2.05, 4.69) is 0 Å². The lowest BCUT2D eigenvalue weighted by Crippen LogP contribution is -2.39. The van der Waals surface area contributed by atoms with Gasteiger partial charge in [-0.25, -0.2) is 0 Å². The highest BCUT2D eigenvalue weighted by Gasteiger charge is 2.51. The second-order valence-electron chi connectivity index (χ2n) is 7.35. The van der Waals surface area contributed by atoms with Gasteiger partial charge in [-0.1, -0.05) is 29.8 Å². The van der Waals surface area contributed by atoms with Crippen LogP contribution in [0.25, 0.3) is 0 Å². The fourth-order valence-corrected chi connectivity index (χ4v) is 3.97. The molecule has 3 rings (SSSR count). The Bertz CT molecular complexity index is 642. The summed E-state index contributed by atoms with van der Waals surface area (Å²) in [5.74, 6) is 0.742. The first-order valence-corrected chi connectivity index (χ1v) is 9.03. The lowest BCUT2D eigenvalue weighted by molar-refractivity contribution is -0.136. The van der Waals surface area contributed by atoms with Gasteiger partial charge in [0.05, 0.1) is 5.41 Å². The van der Waals surface area contributed by atoms with Crippen LogP contribution in [0.15, 0.2) is 24.3 Å². The van der Waals surface area contributed by atoms with E-state index < -0.39 is 0 Å². The lowest BCUT2D eigenvalue weighted by atomic mass is 9.94. The van der Waals surface area contributed by atoms with Crippen molar-refractivity contribution in [2.45, 2.75) is 32.6 Å². The molecule has 1 unspecified atom stereocenters. The Balaban J connectivity index is 1.59. The second kappa shape index (κ2) is 6.75. The van der Waals surface area contributed by atoms with Gasteiger partial charge in [0.1, 0.15) is 0 Å². The minimum atomic E-state index is -0.265. The van der Waals surface area contributed by atoms with Crippen LogP contribution in [-0.2, 0) is 16.0 Å². The van der Waals surface area contributed by atoms with Crippen LogP contribution in [0.2, 0.25) is 5.02 Å². The van der Waals surface area contributed by atoms with Gasteiger partial charge in [0, 0.05) is 38.6 Å². The van der Waals surface area contributed by atoms with Crippen LogP contribution in [0.4, 0.5) is 0 Å². The van der Waals surface area contributed by atoms with Crippen molar-refractivity contribution in [3.8, 4) is 0 Å². The molecule has 1 aliphatic heterocycles. The molecule has 1 aromatic carbocycles. The van der Waals surface area contributed by atoms with Crippen molar-refractivity contribution < 1.29 is 9.59 Å². The molecule has 1 heterocycles. The smallest absolute Gasteiger partial charge is 0.228 e. The molecule has 1 aromatic rings. The van der Waals surface area contributed by atoms with Crippen LogP contribution in [0.5, 0.6) is 0 Å². The number of hydrogen-bond acceptors (Lipinski definition) is 2. The Kier molecular flexibility index (Phi) is 4.86. The summed E-state index contributed by atoms with van der Waals surface area (Å²) in [4.78, 5) is 28.1. The first-order chi connectivity index (χ1) is 11.4. The fourth-order valence-electron chi connectivity index (χ4n) is 3.77. The van der Waals surface area contributed by atoms with Crippen molar-refractivity contribution in [3.05, 3.63) is 34.9 Å². The fraction of sp³-hybridized carbons (Fsp3) is 0.579. The molecule has 0 aromatic heterocycles. The molecule has 0 radical (unpaired) electrons. The van der Waals surface area contributed by atoms with Gasteiger partial charge in [0.2, 0.25) is 11.8 Å². The van der Waals surface area contributed by atoms with Crippen molar-refractivity contribution >= 4 is 23.4 Å². The zero-order valence-electron chi connectivity index (χ0n) is 14.4. The number of amides is 2. The minimum absolute atomic E-state index is 0.129. The number of rotatable bonds is 5. The van der Waals surface area contributed by atoms with E-state index in [1.807, 2.05) is 41.1 Å². The lowest BCUT2D eigenvalue weighted by Gasteiger charge is -2.26. The van der Waals surface area contributed by atoms with Gasteiger partial charge in [-0.3, -0.25) is 9.59 Å². The van der Waals surface area contributed by atoms with Gasteiger partial charge in [0.15, 0.2) is 0 Å². The van der Waals surface area contributed by atoms with Crippen molar-refractivity contribution in [1.29, 1.82) is 0 Å². The molecule has 24 heavy (non-hydrogen) atoms. The van der Waals surface area contributed by atoms with Crippen molar-refractivity contribution in [1.82, 2.24) is 9.80 Å². The summed E-state index contributed by atoms with van der Waals surface area (Å²) in [5.41, 5.74) is 0.792. The van der Waals surface area contributed by atoms with Crippen LogP contribution in [0.1, 0.15) is 31.7 Å². The molecule has 1 atom stereocenters. The van der Waals surface area contributed by atoms with E-state index in [0.717, 1.165) is 55.9 Å². The van der Waals surface area contributed by atoms with Crippen LogP contribution >= 0.6 is 11.6 Å². The third kappa shape index (κ3) is 3.59.